The van der Waals surface area contributed by atoms with Crippen molar-refractivity contribution in [3.63, 3.8) is 0 Å². The van der Waals surface area contributed by atoms with Crippen molar-refractivity contribution < 1.29 is 0 Å². The van der Waals surface area contributed by atoms with Crippen molar-refractivity contribution in [2.75, 3.05) is 16.8 Å². The molecule has 0 aromatic heterocycles. The molecule has 1 aliphatic carbocycles. The maximum atomic E-state index is 3.79. The van der Waals surface area contributed by atoms with Crippen molar-refractivity contribution in [2.45, 2.75) is 54.7 Å². The minimum absolute atomic E-state index is 0.687. The van der Waals surface area contributed by atoms with Gasteiger partial charge < -0.3 is 5.32 Å². The van der Waals surface area contributed by atoms with E-state index in [1.165, 1.54) is 60.6 Å². The summed E-state index contributed by atoms with van der Waals surface area (Å²) in [5.41, 5.74) is 1.37. The normalized spacial score (nSPS) is 21.7. The number of hydrogen-bond acceptors (Lipinski definition) is 3. The number of thioether (sulfide) groups is 2. The van der Waals surface area contributed by atoms with E-state index in [1.807, 2.05) is 0 Å². The average molecular weight is 294 g/mol. The van der Waals surface area contributed by atoms with E-state index in [2.05, 4.69) is 53.1 Å². The predicted octanol–water partition coefficient (Wildman–Crippen LogP) is 5.03. The van der Waals surface area contributed by atoms with Crippen LogP contribution in [0.4, 0.5) is 5.69 Å². The average Bonchev–Trinajstić information content (AvgIpc) is 2.95. The van der Waals surface area contributed by atoms with E-state index >= 15 is 0 Å². The summed E-state index contributed by atoms with van der Waals surface area (Å²) in [6.45, 7) is 0. The van der Waals surface area contributed by atoms with Gasteiger partial charge in [-0.2, -0.15) is 11.8 Å². The fourth-order valence-electron chi connectivity index (χ4n) is 2.94. The van der Waals surface area contributed by atoms with Gasteiger partial charge in [0, 0.05) is 21.9 Å². The zero-order valence-corrected chi connectivity index (χ0v) is 13.1. The summed E-state index contributed by atoms with van der Waals surface area (Å²) in [6, 6.07) is 9.59. The Morgan fingerprint density at radius 1 is 1.00 bits per heavy atom. The number of hydrogen-bond donors (Lipinski definition) is 1. The van der Waals surface area contributed by atoms with E-state index in [9.17, 15) is 0 Å². The van der Waals surface area contributed by atoms with E-state index in [0.717, 1.165) is 5.25 Å². The van der Waals surface area contributed by atoms with Crippen LogP contribution in [-0.2, 0) is 0 Å². The lowest BCUT2D eigenvalue weighted by Gasteiger charge is -2.25. The van der Waals surface area contributed by atoms with Gasteiger partial charge in [-0.25, -0.2) is 0 Å². The van der Waals surface area contributed by atoms with Crippen LogP contribution in [0.15, 0.2) is 29.2 Å². The highest BCUT2D eigenvalue weighted by Gasteiger charge is 2.19. The molecule has 0 atom stereocenters. The number of para-hydroxylation sites is 1. The van der Waals surface area contributed by atoms with Crippen LogP contribution in [0.3, 0.4) is 0 Å². The van der Waals surface area contributed by atoms with E-state index < -0.39 is 0 Å². The standard InChI is InChI=1S/C16H23NS2/c1-2-6-14(5-1)19-16-8-4-3-7-15(16)17-13-9-11-18-12-10-13/h3-4,7-8,13-14,17H,1-2,5-6,9-12H2. The summed E-state index contributed by atoms with van der Waals surface area (Å²) in [6.07, 6.45) is 8.28. The Kier molecular flexibility index (Phi) is 5.00. The zero-order chi connectivity index (χ0) is 12.9. The van der Waals surface area contributed by atoms with Gasteiger partial charge >= 0.3 is 0 Å². The van der Waals surface area contributed by atoms with Gasteiger partial charge in [0.05, 0.1) is 0 Å². The number of nitrogens with one attached hydrogen (secondary N) is 1. The van der Waals surface area contributed by atoms with Gasteiger partial charge in [-0.1, -0.05) is 25.0 Å². The van der Waals surface area contributed by atoms with Crippen LogP contribution in [-0.4, -0.2) is 22.8 Å². The minimum atomic E-state index is 0.687. The fraction of sp³-hybridized carbons (Fsp3) is 0.625. The van der Waals surface area contributed by atoms with Crippen LogP contribution in [0.25, 0.3) is 0 Å². The quantitative estimate of drug-likeness (QED) is 0.836. The summed E-state index contributed by atoms with van der Waals surface area (Å²) in [5.74, 6) is 2.63. The summed E-state index contributed by atoms with van der Waals surface area (Å²) < 4.78 is 0. The number of benzene rings is 1. The second-order valence-electron chi connectivity index (χ2n) is 5.55. The van der Waals surface area contributed by atoms with E-state index in [1.54, 1.807) is 0 Å². The molecule has 2 aliphatic rings. The molecule has 1 aromatic rings. The first kappa shape index (κ1) is 13.7. The molecule has 3 heteroatoms. The zero-order valence-electron chi connectivity index (χ0n) is 11.4. The van der Waals surface area contributed by atoms with Crippen LogP contribution in [0.5, 0.6) is 0 Å². The van der Waals surface area contributed by atoms with Gasteiger partial charge in [-0.15, -0.1) is 11.8 Å². The molecule has 0 unspecified atom stereocenters. The molecule has 1 aromatic carbocycles. The molecule has 0 bridgehead atoms. The molecule has 1 saturated carbocycles. The monoisotopic (exact) mass is 293 g/mol. The largest absolute Gasteiger partial charge is 0.381 e. The lowest BCUT2D eigenvalue weighted by molar-refractivity contribution is 0.665. The summed E-state index contributed by atoms with van der Waals surface area (Å²) >= 11 is 4.19. The van der Waals surface area contributed by atoms with Crippen LogP contribution in [0, 0.1) is 0 Å². The Hall–Kier alpha value is -0.280. The van der Waals surface area contributed by atoms with Gasteiger partial charge in [0.1, 0.15) is 0 Å². The lowest BCUT2D eigenvalue weighted by atomic mass is 10.1. The third kappa shape index (κ3) is 3.85. The summed E-state index contributed by atoms with van der Waals surface area (Å²) in [7, 11) is 0. The van der Waals surface area contributed by atoms with Crippen LogP contribution < -0.4 is 5.32 Å². The van der Waals surface area contributed by atoms with Crippen LogP contribution in [0.1, 0.15) is 38.5 Å². The molecule has 0 radical (unpaired) electrons. The van der Waals surface area contributed by atoms with Gasteiger partial charge in [-0.05, 0) is 49.3 Å². The third-order valence-electron chi connectivity index (χ3n) is 4.06. The molecule has 1 heterocycles. The summed E-state index contributed by atoms with van der Waals surface area (Å²) in [5, 5.41) is 4.64. The molecule has 104 valence electrons. The molecule has 1 saturated heterocycles. The fourth-order valence-corrected chi connectivity index (χ4v) is 5.38. The number of anilines is 1. The molecule has 1 N–H and O–H groups in total. The Morgan fingerprint density at radius 2 is 1.74 bits per heavy atom. The molecule has 0 amide bonds. The van der Waals surface area contributed by atoms with Crippen molar-refractivity contribution in [3.05, 3.63) is 24.3 Å². The molecule has 3 rings (SSSR count). The maximum absolute atomic E-state index is 3.79. The van der Waals surface area contributed by atoms with Gasteiger partial charge in [-0.3, -0.25) is 0 Å². The molecule has 1 nitrogen and oxygen atoms in total. The van der Waals surface area contributed by atoms with Crippen LogP contribution in [0.2, 0.25) is 0 Å². The minimum Gasteiger partial charge on any atom is -0.381 e. The highest BCUT2D eigenvalue weighted by atomic mass is 32.2. The van der Waals surface area contributed by atoms with E-state index in [-0.39, 0.29) is 0 Å². The molecular formula is C16H23NS2. The van der Waals surface area contributed by atoms with Gasteiger partial charge in [0.2, 0.25) is 0 Å². The van der Waals surface area contributed by atoms with Crippen molar-refractivity contribution in [3.8, 4) is 0 Å². The summed E-state index contributed by atoms with van der Waals surface area (Å²) in [4.78, 5) is 1.47. The highest BCUT2D eigenvalue weighted by molar-refractivity contribution is 8.00. The first-order chi connectivity index (χ1) is 9.42. The van der Waals surface area contributed by atoms with Gasteiger partial charge in [0.15, 0.2) is 0 Å². The lowest BCUT2D eigenvalue weighted by Crippen LogP contribution is -2.24. The smallest absolute Gasteiger partial charge is 0.0480 e. The van der Waals surface area contributed by atoms with Gasteiger partial charge in [0.25, 0.3) is 0 Å². The van der Waals surface area contributed by atoms with E-state index in [0.29, 0.717) is 6.04 Å². The van der Waals surface area contributed by atoms with Crippen LogP contribution >= 0.6 is 23.5 Å². The maximum Gasteiger partial charge on any atom is 0.0480 e. The molecule has 19 heavy (non-hydrogen) atoms. The first-order valence-electron chi connectivity index (χ1n) is 7.52. The van der Waals surface area contributed by atoms with Crippen molar-refractivity contribution in [1.82, 2.24) is 0 Å². The second-order valence-corrected chi connectivity index (χ2v) is 8.12. The Balaban J connectivity index is 1.65. The van der Waals surface area contributed by atoms with E-state index in [4.69, 9.17) is 0 Å². The molecular weight excluding hydrogens is 270 g/mol. The number of rotatable bonds is 4. The van der Waals surface area contributed by atoms with Crippen molar-refractivity contribution in [1.29, 1.82) is 0 Å². The van der Waals surface area contributed by atoms with Crippen molar-refractivity contribution >= 4 is 29.2 Å². The van der Waals surface area contributed by atoms with Crippen molar-refractivity contribution in [2.24, 2.45) is 0 Å². The topological polar surface area (TPSA) is 12.0 Å². The Bertz CT molecular complexity index is 395. The Morgan fingerprint density at radius 3 is 2.53 bits per heavy atom. The SMILES string of the molecule is c1ccc(SC2CCCC2)c(NC2CCSCC2)c1. The Labute approximate surface area is 125 Å². The molecule has 2 fully saturated rings. The molecule has 0 spiro atoms. The molecule has 1 aliphatic heterocycles. The second kappa shape index (κ2) is 6.94. The third-order valence-corrected chi connectivity index (χ3v) is 6.53. The first-order valence-corrected chi connectivity index (χ1v) is 9.55. The predicted molar refractivity (Wildman–Crippen MR) is 88.5 cm³/mol. The highest BCUT2D eigenvalue weighted by Crippen LogP contribution is 2.38.